The molecule has 8 nitrogen and oxygen atoms in total. The minimum absolute atomic E-state index is 0.206. The molecule has 4 rings (SSSR count). The van der Waals surface area contributed by atoms with E-state index in [1.54, 1.807) is 34.9 Å². The van der Waals surface area contributed by atoms with Crippen molar-refractivity contribution in [2.24, 2.45) is 0 Å². The number of rotatable bonds is 3. The van der Waals surface area contributed by atoms with E-state index in [4.69, 9.17) is 0 Å². The van der Waals surface area contributed by atoms with E-state index in [-0.39, 0.29) is 6.04 Å². The Hall–Kier alpha value is -2.65. The van der Waals surface area contributed by atoms with Gasteiger partial charge in [-0.3, -0.25) is 4.98 Å². The van der Waals surface area contributed by atoms with E-state index in [1.807, 2.05) is 17.9 Å². The summed E-state index contributed by atoms with van der Waals surface area (Å²) in [6.07, 6.45) is 6.18. The van der Waals surface area contributed by atoms with Gasteiger partial charge in [0, 0.05) is 48.8 Å². The van der Waals surface area contributed by atoms with Crippen molar-refractivity contribution in [3.8, 4) is 0 Å². The molecule has 1 aliphatic heterocycles. The normalized spacial score (nSPS) is 19.0. The van der Waals surface area contributed by atoms with Crippen molar-refractivity contribution in [3.05, 3.63) is 49.3 Å². The lowest BCUT2D eigenvalue weighted by Gasteiger charge is -2.38. The van der Waals surface area contributed by atoms with Gasteiger partial charge in [-0.25, -0.2) is 23.4 Å². The lowest BCUT2D eigenvalue weighted by atomic mass is 10.2. The molecule has 3 aromatic rings. The summed E-state index contributed by atoms with van der Waals surface area (Å²) in [4.78, 5) is 18.5. The van der Waals surface area contributed by atoms with Gasteiger partial charge >= 0.3 is 0 Å². The fourth-order valence-corrected chi connectivity index (χ4v) is 5.15. The Balaban J connectivity index is 1.65. The van der Waals surface area contributed by atoms with Crippen LogP contribution in [0.3, 0.4) is 0 Å². The number of benzene rings is 1. The van der Waals surface area contributed by atoms with Crippen LogP contribution in [0.5, 0.6) is 0 Å². The first-order valence-electron chi connectivity index (χ1n) is 8.29. The van der Waals surface area contributed by atoms with Crippen molar-refractivity contribution in [2.45, 2.75) is 17.9 Å². The van der Waals surface area contributed by atoms with E-state index < -0.39 is 10.0 Å². The van der Waals surface area contributed by atoms with Gasteiger partial charge in [-0.05, 0) is 19.1 Å². The first-order chi connectivity index (χ1) is 12.6. The summed E-state index contributed by atoms with van der Waals surface area (Å²) in [7, 11) is -3.62. The summed E-state index contributed by atoms with van der Waals surface area (Å²) >= 11 is 0. The number of nitrogens with zero attached hydrogens (tertiary/aromatic N) is 6. The Kier molecular flexibility index (Phi) is 4.25. The molecule has 9 heteroatoms. The Bertz CT molecular complexity index is 1020. The third-order valence-corrected chi connectivity index (χ3v) is 6.63. The molecule has 26 heavy (non-hydrogen) atoms. The van der Waals surface area contributed by atoms with Crippen molar-refractivity contribution < 1.29 is 8.42 Å². The van der Waals surface area contributed by atoms with Crippen LogP contribution in [0.15, 0.2) is 54.2 Å². The maximum Gasteiger partial charge on any atom is 0.244 e. The Morgan fingerprint density at radius 1 is 1.08 bits per heavy atom. The summed E-state index contributed by atoms with van der Waals surface area (Å²) < 4.78 is 28.2. The fourth-order valence-electron chi connectivity index (χ4n) is 3.32. The van der Waals surface area contributed by atoms with Crippen LogP contribution in [0.1, 0.15) is 6.92 Å². The van der Waals surface area contributed by atoms with E-state index in [0.29, 0.717) is 35.9 Å². The summed E-state index contributed by atoms with van der Waals surface area (Å²) in [5.41, 5.74) is 0. The average Bonchev–Trinajstić information content (AvgIpc) is 2.68. The van der Waals surface area contributed by atoms with Gasteiger partial charge in [0.15, 0.2) is 0 Å². The van der Waals surface area contributed by atoms with Crippen molar-refractivity contribution in [3.63, 3.8) is 0 Å². The standard InChI is InChI=1S/C17H18N6O2S/c1-13-10-22(17-20-11-19-12-21-17)7-8-23(13)26(24,25)16-4-2-3-14-9-18-6-5-15(14)16/h2-6,9,11-13H,7-8,10H2,1H3/t13-/m1/s1. The number of hydrogen-bond acceptors (Lipinski definition) is 7. The van der Waals surface area contributed by atoms with E-state index in [2.05, 4.69) is 19.9 Å². The molecule has 0 aliphatic carbocycles. The molecule has 3 heterocycles. The molecule has 1 saturated heterocycles. The molecule has 1 aromatic carbocycles. The molecule has 0 bridgehead atoms. The third-order valence-electron chi connectivity index (χ3n) is 4.56. The molecular weight excluding hydrogens is 352 g/mol. The molecule has 1 aliphatic rings. The summed E-state index contributed by atoms with van der Waals surface area (Å²) in [5.74, 6) is 0.570. The van der Waals surface area contributed by atoms with Crippen LogP contribution < -0.4 is 4.90 Å². The monoisotopic (exact) mass is 370 g/mol. The zero-order valence-corrected chi connectivity index (χ0v) is 15.0. The van der Waals surface area contributed by atoms with Gasteiger partial charge < -0.3 is 4.90 Å². The smallest absolute Gasteiger partial charge is 0.244 e. The van der Waals surface area contributed by atoms with E-state index in [1.165, 1.54) is 12.7 Å². The summed E-state index contributed by atoms with van der Waals surface area (Å²) in [6.45, 7) is 3.32. The highest BCUT2D eigenvalue weighted by Gasteiger charge is 2.35. The maximum absolute atomic E-state index is 13.3. The maximum atomic E-state index is 13.3. The number of sulfonamides is 1. The van der Waals surface area contributed by atoms with Crippen molar-refractivity contribution in [2.75, 3.05) is 24.5 Å². The van der Waals surface area contributed by atoms with Gasteiger partial charge in [0.05, 0.1) is 4.90 Å². The molecule has 0 radical (unpaired) electrons. The molecule has 0 N–H and O–H groups in total. The van der Waals surface area contributed by atoms with Gasteiger partial charge in [0.1, 0.15) is 12.7 Å². The van der Waals surface area contributed by atoms with Gasteiger partial charge in [-0.1, -0.05) is 12.1 Å². The van der Waals surface area contributed by atoms with Crippen LogP contribution in [-0.2, 0) is 10.0 Å². The van der Waals surface area contributed by atoms with Gasteiger partial charge in [0.25, 0.3) is 0 Å². The molecule has 1 fully saturated rings. The largest absolute Gasteiger partial charge is 0.338 e. The Labute approximate surface area is 151 Å². The van der Waals surface area contributed by atoms with Crippen molar-refractivity contribution in [1.29, 1.82) is 0 Å². The zero-order valence-electron chi connectivity index (χ0n) is 14.2. The summed E-state index contributed by atoms with van der Waals surface area (Å²) in [6, 6.07) is 6.81. The Morgan fingerprint density at radius 3 is 2.65 bits per heavy atom. The first kappa shape index (κ1) is 16.8. The molecule has 0 unspecified atom stereocenters. The Morgan fingerprint density at radius 2 is 1.88 bits per heavy atom. The molecule has 0 amide bonds. The predicted molar refractivity (Wildman–Crippen MR) is 97.1 cm³/mol. The number of fused-ring (bicyclic) bond motifs is 1. The van der Waals surface area contributed by atoms with Crippen LogP contribution >= 0.6 is 0 Å². The summed E-state index contributed by atoms with van der Waals surface area (Å²) in [5, 5.41) is 1.50. The third kappa shape index (κ3) is 2.89. The van der Waals surface area contributed by atoms with Crippen molar-refractivity contribution in [1.82, 2.24) is 24.2 Å². The molecule has 0 spiro atoms. The average molecular weight is 370 g/mol. The number of anilines is 1. The second-order valence-corrected chi connectivity index (χ2v) is 8.06. The highest BCUT2D eigenvalue weighted by molar-refractivity contribution is 7.89. The minimum Gasteiger partial charge on any atom is -0.338 e. The lowest BCUT2D eigenvalue weighted by molar-refractivity contribution is 0.305. The topological polar surface area (TPSA) is 92.2 Å². The van der Waals surface area contributed by atoms with Crippen molar-refractivity contribution >= 4 is 26.7 Å². The van der Waals surface area contributed by atoms with Crippen LogP contribution in [0, 0.1) is 0 Å². The number of pyridine rings is 1. The van der Waals surface area contributed by atoms with E-state index >= 15 is 0 Å². The molecule has 2 aromatic heterocycles. The molecule has 1 atom stereocenters. The highest BCUT2D eigenvalue weighted by atomic mass is 32.2. The van der Waals surface area contributed by atoms with E-state index in [9.17, 15) is 8.42 Å². The van der Waals surface area contributed by atoms with Crippen LogP contribution in [0.25, 0.3) is 10.8 Å². The second kappa shape index (κ2) is 6.58. The van der Waals surface area contributed by atoms with Crippen LogP contribution in [-0.4, -0.2) is 58.3 Å². The zero-order chi connectivity index (χ0) is 18.1. The van der Waals surface area contributed by atoms with Crippen LogP contribution in [0.4, 0.5) is 5.95 Å². The van der Waals surface area contributed by atoms with E-state index in [0.717, 1.165) is 5.39 Å². The molecule has 134 valence electrons. The van der Waals surface area contributed by atoms with Gasteiger partial charge in [-0.15, -0.1) is 0 Å². The van der Waals surface area contributed by atoms with Gasteiger partial charge in [0.2, 0.25) is 16.0 Å². The fraction of sp³-hybridized carbons (Fsp3) is 0.294. The van der Waals surface area contributed by atoms with Crippen LogP contribution in [0.2, 0.25) is 0 Å². The highest BCUT2D eigenvalue weighted by Crippen LogP contribution is 2.28. The lowest BCUT2D eigenvalue weighted by Crippen LogP contribution is -2.54. The first-order valence-corrected chi connectivity index (χ1v) is 9.73. The second-order valence-electron chi connectivity index (χ2n) is 6.20. The number of aromatic nitrogens is 4. The van der Waals surface area contributed by atoms with Gasteiger partial charge in [-0.2, -0.15) is 4.31 Å². The molecule has 0 saturated carbocycles. The number of hydrogen-bond donors (Lipinski definition) is 0. The quantitative estimate of drug-likeness (QED) is 0.686. The number of piperazine rings is 1. The SMILES string of the molecule is C[C@@H]1CN(c2ncncn2)CCN1S(=O)(=O)c1cccc2cnccc12. The minimum atomic E-state index is -3.62. The predicted octanol–water partition coefficient (Wildman–Crippen LogP) is 1.32. The molecular formula is C17H18N6O2S.